The average Bonchev–Trinajstić information content (AvgIpc) is 2.34. The predicted octanol–water partition coefficient (Wildman–Crippen LogP) is 2.98. The Morgan fingerprint density at radius 2 is 2.05 bits per heavy atom. The van der Waals surface area contributed by atoms with E-state index >= 15 is 0 Å². The van der Waals surface area contributed by atoms with E-state index in [-0.39, 0.29) is 26.9 Å². The largest absolute Gasteiger partial charge is 0.317 e. The maximum atomic E-state index is 13.1. The molecule has 1 aromatic carbocycles. The molecule has 1 saturated heterocycles. The Labute approximate surface area is 131 Å². The summed E-state index contributed by atoms with van der Waals surface area (Å²) in [7, 11) is -3.51. The Kier molecular flexibility index (Phi) is 5.28. The van der Waals surface area contributed by atoms with E-state index in [1.807, 2.05) is 0 Å². The van der Waals surface area contributed by atoms with Crippen molar-refractivity contribution in [3.05, 3.63) is 27.4 Å². The number of benzene rings is 1. The second-order valence-electron chi connectivity index (χ2n) is 4.82. The zero-order valence-corrected chi connectivity index (χ0v) is 13.8. The molecule has 0 aliphatic carbocycles. The van der Waals surface area contributed by atoms with Gasteiger partial charge in [-0.1, -0.05) is 11.6 Å². The molecule has 1 aliphatic heterocycles. The first-order valence-corrected chi connectivity index (χ1v) is 9.05. The van der Waals surface area contributed by atoms with Gasteiger partial charge in [-0.2, -0.15) is 0 Å². The molecule has 2 rings (SSSR count). The van der Waals surface area contributed by atoms with Crippen LogP contribution in [0.15, 0.2) is 16.6 Å². The minimum Gasteiger partial charge on any atom is -0.317 e. The van der Waals surface area contributed by atoms with E-state index in [0.29, 0.717) is 0 Å². The minimum atomic E-state index is -3.51. The fraction of sp³-hybridized carbons (Fsp3) is 0.500. The molecular formula is C12H15BrClFN2O2S. The Morgan fingerprint density at radius 1 is 1.40 bits per heavy atom. The van der Waals surface area contributed by atoms with Crippen LogP contribution in [0, 0.1) is 11.7 Å². The van der Waals surface area contributed by atoms with Crippen molar-refractivity contribution in [3.8, 4) is 0 Å². The average molecular weight is 386 g/mol. The molecule has 1 heterocycles. The van der Waals surface area contributed by atoms with Crippen LogP contribution in [-0.2, 0) is 10.0 Å². The van der Waals surface area contributed by atoms with Gasteiger partial charge in [-0.25, -0.2) is 12.8 Å². The van der Waals surface area contributed by atoms with E-state index < -0.39 is 15.8 Å². The van der Waals surface area contributed by atoms with Crippen LogP contribution in [0.3, 0.4) is 0 Å². The molecule has 8 heteroatoms. The predicted molar refractivity (Wildman–Crippen MR) is 82.1 cm³/mol. The van der Waals surface area contributed by atoms with Gasteiger partial charge in [0.2, 0.25) is 10.0 Å². The zero-order valence-electron chi connectivity index (χ0n) is 10.6. The van der Waals surface area contributed by atoms with Gasteiger partial charge >= 0.3 is 0 Å². The van der Waals surface area contributed by atoms with Crippen LogP contribution in [0.25, 0.3) is 0 Å². The molecule has 0 radical (unpaired) electrons. The summed E-state index contributed by atoms with van der Waals surface area (Å²) in [5, 5.41) is 3.22. The standard InChI is InChI=1S/C12H15BrClFN2O2S/c13-10-5-9(15)6-11(14)12(10)17-20(18,19)7-8-1-3-16-4-2-8/h5-6,8,16-17H,1-4,7H2. The lowest BCUT2D eigenvalue weighted by Crippen LogP contribution is -2.33. The van der Waals surface area contributed by atoms with Gasteiger partial charge in [0.25, 0.3) is 0 Å². The number of nitrogens with one attached hydrogen (secondary N) is 2. The van der Waals surface area contributed by atoms with Gasteiger partial charge in [0.1, 0.15) is 5.82 Å². The van der Waals surface area contributed by atoms with E-state index in [1.165, 1.54) is 6.07 Å². The third-order valence-electron chi connectivity index (χ3n) is 3.18. The van der Waals surface area contributed by atoms with E-state index in [1.54, 1.807) is 0 Å². The van der Waals surface area contributed by atoms with Crippen molar-refractivity contribution in [3.63, 3.8) is 0 Å². The number of sulfonamides is 1. The van der Waals surface area contributed by atoms with Crippen LogP contribution in [0.2, 0.25) is 5.02 Å². The second kappa shape index (κ2) is 6.60. The lowest BCUT2D eigenvalue weighted by Gasteiger charge is -2.22. The van der Waals surface area contributed by atoms with Gasteiger partial charge in [-0.3, -0.25) is 4.72 Å². The zero-order chi connectivity index (χ0) is 14.8. The second-order valence-corrected chi connectivity index (χ2v) is 7.85. The summed E-state index contributed by atoms with van der Waals surface area (Å²) in [5.41, 5.74) is 0.182. The fourth-order valence-corrected chi connectivity index (χ4v) is 4.85. The van der Waals surface area contributed by atoms with Crippen molar-refractivity contribution in [2.45, 2.75) is 12.8 Å². The van der Waals surface area contributed by atoms with Gasteiger partial charge in [-0.05, 0) is 59.9 Å². The molecule has 1 fully saturated rings. The monoisotopic (exact) mass is 384 g/mol. The van der Waals surface area contributed by atoms with Crippen molar-refractivity contribution in [2.75, 3.05) is 23.6 Å². The number of halogens is 3. The normalized spacial score (nSPS) is 17.1. The van der Waals surface area contributed by atoms with E-state index in [0.717, 1.165) is 32.0 Å². The maximum absolute atomic E-state index is 13.1. The number of rotatable bonds is 4. The lowest BCUT2D eigenvalue weighted by molar-refractivity contribution is 0.402. The summed E-state index contributed by atoms with van der Waals surface area (Å²) in [6, 6.07) is 2.25. The number of piperidine rings is 1. The maximum Gasteiger partial charge on any atom is 0.233 e. The number of anilines is 1. The van der Waals surface area contributed by atoms with Crippen LogP contribution in [0.4, 0.5) is 10.1 Å². The molecular weight excluding hydrogens is 371 g/mol. The van der Waals surface area contributed by atoms with Crippen molar-refractivity contribution < 1.29 is 12.8 Å². The summed E-state index contributed by atoms with van der Waals surface area (Å²) in [5.74, 6) is -0.343. The fourth-order valence-electron chi connectivity index (χ4n) is 2.20. The van der Waals surface area contributed by atoms with Crippen LogP contribution in [-0.4, -0.2) is 27.3 Å². The van der Waals surface area contributed by atoms with Crippen LogP contribution in [0.5, 0.6) is 0 Å². The lowest BCUT2D eigenvalue weighted by atomic mass is 10.0. The molecule has 0 saturated carbocycles. The molecule has 1 aromatic rings. The van der Waals surface area contributed by atoms with Gasteiger partial charge in [0.15, 0.2) is 0 Å². The molecule has 20 heavy (non-hydrogen) atoms. The Bertz CT molecular complexity index is 568. The first-order valence-electron chi connectivity index (χ1n) is 6.23. The topological polar surface area (TPSA) is 58.2 Å². The Morgan fingerprint density at radius 3 is 2.65 bits per heavy atom. The third-order valence-corrected chi connectivity index (χ3v) is 5.53. The van der Waals surface area contributed by atoms with Crippen molar-refractivity contribution in [1.29, 1.82) is 0 Å². The van der Waals surface area contributed by atoms with Crippen LogP contribution in [0.1, 0.15) is 12.8 Å². The third kappa shape index (κ3) is 4.31. The highest BCUT2D eigenvalue weighted by atomic mass is 79.9. The van der Waals surface area contributed by atoms with Gasteiger partial charge < -0.3 is 5.32 Å². The molecule has 0 amide bonds. The quantitative estimate of drug-likeness (QED) is 0.838. The summed E-state index contributed by atoms with van der Waals surface area (Å²) in [6.45, 7) is 1.67. The van der Waals surface area contributed by atoms with Crippen molar-refractivity contribution >= 4 is 43.2 Å². The smallest absolute Gasteiger partial charge is 0.233 e. The van der Waals surface area contributed by atoms with E-state index in [9.17, 15) is 12.8 Å². The molecule has 0 aromatic heterocycles. The highest BCUT2D eigenvalue weighted by Crippen LogP contribution is 2.32. The van der Waals surface area contributed by atoms with Crippen molar-refractivity contribution in [2.24, 2.45) is 5.92 Å². The number of hydrogen-bond acceptors (Lipinski definition) is 3. The molecule has 0 unspecified atom stereocenters. The first-order chi connectivity index (χ1) is 9.37. The summed E-state index contributed by atoms with van der Waals surface area (Å²) < 4.78 is 40.1. The van der Waals surface area contributed by atoms with Gasteiger partial charge in [-0.15, -0.1) is 0 Å². The summed E-state index contributed by atoms with van der Waals surface area (Å²) >= 11 is 8.99. The molecule has 0 bridgehead atoms. The van der Waals surface area contributed by atoms with E-state index in [4.69, 9.17) is 11.6 Å². The van der Waals surface area contributed by atoms with E-state index in [2.05, 4.69) is 26.0 Å². The molecule has 112 valence electrons. The molecule has 0 spiro atoms. The SMILES string of the molecule is O=S(=O)(CC1CCNCC1)Nc1c(Cl)cc(F)cc1Br. The highest BCUT2D eigenvalue weighted by Gasteiger charge is 2.22. The van der Waals surface area contributed by atoms with Crippen LogP contribution < -0.4 is 10.0 Å². The van der Waals surface area contributed by atoms with Crippen molar-refractivity contribution in [1.82, 2.24) is 5.32 Å². The molecule has 2 N–H and O–H groups in total. The number of hydrogen-bond donors (Lipinski definition) is 2. The first kappa shape index (κ1) is 16.0. The summed E-state index contributed by atoms with van der Waals surface area (Å²) in [4.78, 5) is 0. The van der Waals surface area contributed by atoms with Gasteiger partial charge in [0, 0.05) is 4.47 Å². The summed E-state index contributed by atoms with van der Waals surface area (Å²) in [6.07, 6.45) is 1.67. The molecule has 0 atom stereocenters. The highest BCUT2D eigenvalue weighted by molar-refractivity contribution is 9.10. The molecule has 1 aliphatic rings. The van der Waals surface area contributed by atoms with Crippen LogP contribution >= 0.6 is 27.5 Å². The minimum absolute atomic E-state index is 0.0331. The Hall–Kier alpha value is -0.370. The Balaban J connectivity index is 2.11. The van der Waals surface area contributed by atoms with Gasteiger partial charge in [0.05, 0.1) is 16.5 Å². The molecule has 4 nitrogen and oxygen atoms in total.